The van der Waals surface area contributed by atoms with E-state index in [1.807, 2.05) is 0 Å². The number of fused-ring (bicyclic) bond motifs is 2. The van der Waals surface area contributed by atoms with Gasteiger partial charge in [-0.15, -0.1) is 0 Å². The minimum atomic E-state index is -0.495. The molecular weight excluding hydrogens is 342 g/mol. The van der Waals surface area contributed by atoms with Crippen molar-refractivity contribution in [1.82, 2.24) is 24.1 Å². The van der Waals surface area contributed by atoms with Gasteiger partial charge in [0.15, 0.2) is 0 Å². The lowest BCUT2D eigenvalue weighted by Gasteiger charge is -2.04. The van der Waals surface area contributed by atoms with Gasteiger partial charge in [0.2, 0.25) is 0 Å². The number of halogens is 1. The maximum absolute atomic E-state index is 12.4. The number of imidazole rings is 1. The van der Waals surface area contributed by atoms with Crippen molar-refractivity contribution >= 4 is 28.8 Å². The average Bonchev–Trinajstić information content (AvgIpc) is 3.02. The number of carbonyl (C=O) groups excluding carboxylic acids is 1. The van der Waals surface area contributed by atoms with Gasteiger partial charge >= 0.3 is 0 Å². The fourth-order valence-electron chi connectivity index (χ4n) is 2.55. The minimum absolute atomic E-state index is 0.0180. The molecule has 0 saturated heterocycles. The molecule has 0 spiro atoms. The summed E-state index contributed by atoms with van der Waals surface area (Å²) in [6.07, 6.45) is 6.37. The van der Waals surface area contributed by atoms with Gasteiger partial charge in [0.05, 0.1) is 17.3 Å². The summed E-state index contributed by atoms with van der Waals surface area (Å²) in [5, 5.41) is 3.29. The van der Waals surface area contributed by atoms with E-state index in [4.69, 9.17) is 11.6 Å². The number of aromatic nitrogens is 4. The smallest absolute Gasteiger partial charge is 0.270 e. The van der Waals surface area contributed by atoms with Crippen molar-refractivity contribution < 1.29 is 4.79 Å². The van der Waals surface area contributed by atoms with Crippen LogP contribution in [0.15, 0.2) is 59.9 Å². The molecule has 1 amide bonds. The van der Waals surface area contributed by atoms with E-state index in [1.165, 1.54) is 10.6 Å². The number of nitrogens with one attached hydrogen (secondary N) is 1. The van der Waals surface area contributed by atoms with Gasteiger partial charge < -0.3 is 9.72 Å². The lowest BCUT2D eigenvalue weighted by Crippen LogP contribution is -2.31. The zero-order chi connectivity index (χ0) is 17.4. The first kappa shape index (κ1) is 15.3. The van der Waals surface area contributed by atoms with E-state index in [0.29, 0.717) is 16.4 Å². The summed E-state index contributed by atoms with van der Waals surface area (Å²) in [6.45, 7) is 0.190. The van der Waals surface area contributed by atoms with Crippen LogP contribution in [0.25, 0.3) is 11.3 Å². The standard InChI is InChI=1S/C17H12ClN5O2/c18-11-4-5-15-21-12(10-22(15)9-11)7-20-16(24)13-8-19-14-3-1-2-6-23(14)17(13)25/h1-6,8-10H,7H2,(H,20,24). The maximum atomic E-state index is 12.4. The summed E-state index contributed by atoms with van der Waals surface area (Å²) in [6, 6.07) is 8.71. The van der Waals surface area contributed by atoms with Gasteiger partial charge in [0.1, 0.15) is 16.9 Å². The highest BCUT2D eigenvalue weighted by molar-refractivity contribution is 6.30. The summed E-state index contributed by atoms with van der Waals surface area (Å²) < 4.78 is 3.11. The molecule has 0 aliphatic rings. The SMILES string of the molecule is O=C(NCc1cn2cc(Cl)ccc2n1)c1cnc2ccccn2c1=O. The molecule has 0 saturated carbocycles. The number of pyridine rings is 2. The van der Waals surface area contributed by atoms with Crippen LogP contribution in [0, 0.1) is 0 Å². The molecule has 25 heavy (non-hydrogen) atoms. The second-order valence-electron chi connectivity index (χ2n) is 5.43. The Morgan fingerprint density at radius 1 is 1.16 bits per heavy atom. The number of nitrogens with zero attached hydrogens (tertiary/aromatic N) is 4. The molecule has 0 bridgehead atoms. The second-order valence-corrected chi connectivity index (χ2v) is 5.87. The molecule has 8 heteroatoms. The average molecular weight is 354 g/mol. The highest BCUT2D eigenvalue weighted by Gasteiger charge is 2.13. The Labute approximate surface area is 146 Å². The van der Waals surface area contributed by atoms with Gasteiger partial charge in [-0.25, -0.2) is 9.97 Å². The van der Waals surface area contributed by atoms with Crippen LogP contribution in [-0.4, -0.2) is 24.7 Å². The Balaban J connectivity index is 1.57. The molecule has 0 radical (unpaired) electrons. The van der Waals surface area contributed by atoms with Crippen LogP contribution in [0.4, 0.5) is 0 Å². The predicted molar refractivity (Wildman–Crippen MR) is 92.8 cm³/mol. The first-order valence-corrected chi connectivity index (χ1v) is 7.87. The summed E-state index contributed by atoms with van der Waals surface area (Å²) >= 11 is 5.94. The van der Waals surface area contributed by atoms with Crippen LogP contribution in [0.5, 0.6) is 0 Å². The van der Waals surface area contributed by atoms with Gasteiger partial charge in [-0.2, -0.15) is 0 Å². The molecule has 7 nitrogen and oxygen atoms in total. The number of hydrogen-bond acceptors (Lipinski definition) is 4. The Kier molecular flexibility index (Phi) is 3.70. The van der Waals surface area contributed by atoms with Crippen molar-refractivity contribution in [2.75, 3.05) is 0 Å². The Bertz CT molecular complexity index is 1160. The topological polar surface area (TPSA) is 80.8 Å². The van der Waals surface area contributed by atoms with Crippen LogP contribution >= 0.6 is 11.6 Å². The summed E-state index contributed by atoms with van der Waals surface area (Å²) in [5.41, 5.74) is 1.44. The Morgan fingerprint density at radius 2 is 2.04 bits per heavy atom. The molecule has 4 rings (SSSR count). The zero-order valence-electron chi connectivity index (χ0n) is 12.9. The highest BCUT2D eigenvalue weighted by Crippen LogP contribution is 2.11. The van der Waals surface area contributed by atoms with Crippen molar-refractivity contribution in [1.29, 1.82) is 0 Å². The molecule has 0 aliphatic carbocycles. The number of hydrogen-bond donors (Lipinski definition) is 1. The molecule has 124 valence electrons. The number of rotatable bonds is 3. The quantitative estimate of drug-likeness (QED) is 0.610. The van der Waals surface area contributed by atoms with E-state index in [0.717, 1.165) is 5.65 Å². The summed E-state index contributed by atoms with van der Waals surface area (Å²) in [4.78, 5) is 33.2. The van der Waals surface area contributed by atoms with Gasteiger partial charge in [-0.3, -0.25) is 14.0 Å². The monoisotopic (exact) mass is 353 g/mol. The van der Waals surface area contributed by atoms with Gasteiger partial charge in [0.25, 0.3) is 11.5 Å². The molecule has 4 aromatic heterocycles. The lowest BCUT2D eigenvalue weighted by molar-refractivity contribution is 0.0948. The van der Waals surface area contributed by atoms with Crippen molar-refractivity contribution in [2.24, 2.45) is 0 Å². The van der Waals surface area contributed by atoms with Crippen molar-refractivity contribution in [3.63, 3.8) is 0 Å². The first-order valence-electron chi connectivity index (χ1n) is 7.49. The van der Waals surface area contributed by atoms with Crippen LogP contribution in [0.1, 0.15) is 16.1 Å². The molecular formula is C17H12ClN5O2. The Morgan fingerprint density at radius 3 is 2.92 bits per heavy atom. The molecule has 1 N–H and O–H groups in total. The third-order valence-electron chi connectivity index (χ3n) is 3.75. The molecule has 0 fully saturated rings. The van der Waals surface area contributed by atoms with Crippen LogP contribution < -0.4 is 10.9 Å². The molecule has 4 aromatic rings. The van der Waals surface area contributed by atoms with Crippen molar-refractivity contribution in [3.05, 3.63) is 81.8 Å². The van der Waals surface area contributed by atoms with Crippen molar-refractivity contribution in [3.8, 4) is 0 Å². The molecule has 0 atom stereocenters. The normalized spacial score (nSPS) is 11.1. The summed E-state index contributed by atoms with van der Waals surface area (Å²) in [7, 11) is 0. The predicted octanol–water partition coefficient (Wildman–Crippen LogP) is 1.93. The Hall–Kier alpha value is -3.19. The fraction of sp³-hybridized carbons (Fsp3) is 0.0588. The van der Waals surface area contributed by atoms with E-state index in [9.17, 15) is 9.59 Å². The van der Waals surface area contributed by atoms with Gasteiger partial charge in [0, 0.05) is 24.8 Å². The van der Waals surface area contributed by atoms with E-state index in [1.54, 1.807) is 53.3 Å². The minimum Gasteiger partial charge on any atom is -0.346 e. The maximum Gasteiger partial charge on any atom is 0.270 e. The first-order chi connectivity index (χ1) is 12.1. The number of amides is 1. The molecule has 0 aromatic carbocycles. The van der Waals surface area contributed by atoms with Crippen LogP contribution in [0.2, 0.25) is 5.02 Å². The second kappa shape index (κ2) is 6.03. The van der Waals surface area contributed by atoms with Gasteiger partial charge in [-0.05, 0) is 24.3 Å². The van der Waals surface area contributed by atoms with Crippen LogP contribution in [-0.2, 0) is 6.54 Å². The van der Waals surface area contributed by atoms with E-state index in [2.05, 4.69) is 15.3 Å². The highest BCUT2D eigenvalue weighted by atomic mass is 35.5. The third-order valence-corrected chi connectivity index (χ3v) is 3.98. The fourth-order valence-corrected chi connectivity index (χ4v) is 2.72. The lowest BCUT2D eigenvalue weighted by atomic mass is 10.3. The van der Waals surface area contributed by atoms with Crippen LogP contribution in [0.3, 0.4) is 0 Å². The largest absolute Gasteiger partial charge is 0.346 e. The van der Waals surface area contributed by atoms with Crippen molar-refractivity contribution in [2.45, 2.75) is 6.54 Å². The molecule has 0 unspecified atom stereocenters. The zero-order valence-corrected chi connectivity index (χ0v) is 13.6. The van der Waals surface area contributed by atoms with E-state index in [-0.39, 0.29) is 12.1 Å². The third kappa shape index (κ3) is 2.85. The molecule has 0 aliphatic heterocycles. The van der Waals surface area contributed by atoms with E-state index >= 15 is 0 Å². The van der Waals surface area contributed by atoms with Gasteiger partial charge in [-0.1, -0.05) is 17.7 Å². The summed E-state index contributed by atoms with van der Waals surface area (Å²) in [5.74, 6) is -0.495. The molecule has 4 heterocycles. The number of carbonyl (C=O) groups is 1. The van der Waals surface area contributed by atoms with E-state index < -0.39 is 11.5 Å².